The molecule has 6 heteroatoms. The van der Waals surface area contributed by atoms with E-state index in [0.29, 0.717) is 20.9 Å². The average Bonchev–Trinajstić information content (AvgIpc) is 3.06. The maximum Gasteiger partial charge on any atom is 0.260 e. The number of hydrogen-bond donors (Lipinski definition) is 1. The van der Waals surface area contributed by atoms with Crippen LogP contribution in [-0.2, 0) is 0 Å². The van der Waals surface area contributed by atoms with E-state index in [2.05, 4.69) is 42.0 Å². The van der Waals surface area contributed by atoms with Crippen molar-refractivity contribution in [3.05, 3.63) is 79.4 Å². The Morgan fingerprint density at radius 3 is 2.32 bits per heavy atom. The van der Waals surface area contributed by atoms with E-state index < -0.39 is 0 Å². The van der Waals surface area contributed by atoms with Gasteiger partial charge in [-0.25, -0.2) is 4.98 Å². The number of aromatic nitrogens is 2. The van der Waals surface area contributed by atoms with Crippen LogP contribution in [0.1, 0.15) is 37.5 Å². The molecule has 0 fully saturated rings. The van der Waals surface area contributed by atoms with E-state index >= 15 is 0 Å². The number of carbonyl (C=O) groups excluding carboxylic acids is 1. The maximum atomic E-state index is 13.0. The number of fused-ring (bicyclic) bond motifs is 1. The first-order chi connectivity index (χ1) is 14.7. The Balaban J connectivity index is 1.64. The lowest BCUT2D eigenvalue weighted by Gasteiger charge is -2.06. The van der Waals surface area contributed by atoms with Crippen molar-refractivity contribution in [2.24, 2.45) is 0 Å². The SMILES string of the molecule is Cc1ccc(C(=O)CSc2nc3sc(C)c(-c4ccc(C)c(C)c4)c3c(=O)[nH]2)cc1C. The number of carbonyl (C=O) groups is 1. The number of rotatable bonds is 5. The monoisotopic (exact) mass is 448 g/mol. The third-order valence-corrected chi connectivity index (χ3v) is 7.55. The number of H-pyrrole nitrogens is 1. The highest BCUT2D eigenvalue weighted by molar-refractivity contribution is 7.99. The van der Waals surface area contributed by atoms with Crippen LogP contribution in [0, 0.1) is 34.6 Å². The van der Waals surface area contributed by atoms with Gasteiger partial charge in [-0.3, -0.25) is 9.59 Å². The predicted octanol–water partition coefficient (Wildman–Crippen LogP) is 6.17. The lowest BCUT2D eigenvalue weighted by Crippen LogP contribution is -2.10. The molecule has 0 amide bonds. The fraction of sp³-hybridized carbons (Fsp3) is 0.240. The zero-order valence-corrected chi connectivity index (χ0v) is 19.9. The van der Waals surface area contributed by atoms with Gasteiger partial charge in [0.25, 0.3) is 5.56 Å². The average molecular weight is 449 g/mol. The van der Waals surface area contributed by atoms with Crippen LogP contribution >= 0.6 is 23.1 Å². The first kappa shape index (κ1) is 21.5. The third-order valence-electron chi connectivity index (χ3n) is 5.68. The Hall–Kier alpha value is -2.70. The highest BCUT2D eigenvalue weighted by atomic mass is 32.2. The van der Waals surface area contributed by atoms with E-state index in [1.807, 2.05) is 39.0 Å². The third kappa shape index (κ3) is 4.23. The number of ketones is 1. The molecule has 1 N–H and O–H groups in total. The smallest absolute Gasteiger partial charge is 0.260 e. The van der Waals surface area contributed by atoms with E-state index in [9.17, 15) is 9.59 Å². The van der Waals surface area contributed by atoms with Crippen molar-refractivity contribution in [2.45, 2.75) is 39.8 Å². The number of Topliss-reactive ketones (excluding diaryl/α,β-unsaturated/α-hetero) is 1. The second kappa shape index (κ2) is 8.44. The summed E-state index contributed by atoms with van der Waals surface area (Å²) in [6, 6.07) is 12.0. The van der Waals surface area contributed by atoms with Crippen molar-refractivity contribution < 1.29 is 4.79 Å². The lowest BCUT2D eigenvalue weighted by molar-refractivity contribution is 0.102. The van der Waals surface area contributed by atoms with Gasteiger partial charge in [-0.15, -0.1) is 11.3 Å². The molecule has 2 aromatic carbocycles. The van der Waals surface area contributed by atoms with E-state index in [0.717, 1.165) is 27.1 Å². The summed E-state index contributed by atoms with van der Waals surface area (Å²) in [6.45, 7) is 10.2. The molecule has 0 aliphatic carbocycles. The molecular weight excluding hydrogens is 424 g/mol. The molecule has 31 heavy (non-hydrogen) atoms. The number of thiophene rings is 1. The zero-order chi connectivity index (χ0) is 22.3. The highest BCUT2D eigenvalue weighted by Gasteiger charge is 2.18. The molecule has 158 valence electrons. The first-order valence-electron chi connectivity index (χ1n) is 10.1. The van der Waals surface area contributed by atoms with Crippen LogP contribution in [-0.4, -0.2) is 21.5 Å². The van der Waals surface area contributed by atoms with E-state index in [-0.39, 0.29) is 17.1 Å². The van der Waals surface area contributed by atoms with Crippen molar-refractivity contribution >= 4 is 39.1 Å². The summed E-state index contributed by atoms with van der Waals surface area (Å²) in [4.78, 5) is 34.9. The molecule has 0 saturated carbocycles. The standard InChI is InChI=1S/C25H24N2O2S2/c1-13-6-8-18(10-15(13)3)20(28)12-30-25-26-23(29)22-21(17(5)31-24(22)27-25)19-9-7-14(2)16(4)11-19/h6-11H,12H2,1-5H3,(H,26,27,29). The van der Waals surface area contributed by atoms with Gasteiger partial charge in [0.15, 0.2) is 10.9 Å². The second-order valence-electron chi connectivity index (χ2n) is 7.89. The maximum absolute atomic E-state index is 13.0. The molecule has 4 aromatic rings. The van der Waals surface area contributed by atoms with Gasteiger partial charge in [0.05, 0.1) is 11.1 Å². The van der Waals surface area contributed by atoms with Crippen LogP contribution < -0.4 is 5.56 Å². The molecule has 0 spiro atoms. The summed E-state index contributed by atoms with van der Waals surface area (Å²) in [7, 11) is 0. The molecule has 0 radical (unpaired) electrons. The summed E-state index contributed by atoms with van der Waals surface area (Å²) in [5, 5.41) is 1.10. The molecule has 4 nitrogen and oxygen atoms in total. The molecule has 0 atom stereocenters. The fourth-order valence-corrected chi connectivity index (χ4v) is 5.40. The number of hydrogen-bond acceptors (Lipinski definition) is 5. The number of aromatic amines is 1. The molecule has 0 bridgehead atoms. The Morgan fingerprint density at radius 1 is 0.968 bits per heavy atom. The van der Waals surface area contributed by atoms with Crippen LogP contribution in [0.25, 0.3) is 21.3 Å². The normalized spacial score (nSPS) is 11.3. The molecule has 4 rings (SSSR count). The van der Waals surface area contributed by atoms with Gasteiger partial charge in [-0.05, 0) is 68.5 Å². The predicted molar refractivity (Wildman–Crippen MR) is 131 cm³/mol. The van der Waals surface area contributed by atoms with Crippen molar-refractivity contribution in [3.63, 3.8) is 0 Å². The van der Waals surface area contributed by atoms with Crippen LogP contribution in [0.4, 0.5) is 0 Å². The topological polar surface area (TPSA) is 62.8 Å². The quantitative estimate of drug-likeness (QED) is 0.225. The van der Waals surface area contributed by atoms with Gasteiger partial charge in [0.2, 0.25) is 0 Å². The summed E-state index contributed by atoms with van der Waals surface area (Å²) in [6.07, 6.45) is 0. The number of benzene rings is 2. The molecule has 0 aliphatic rings. The number of thioether (sulfide) groups is 1. The van der Waals surface area contributed by atoms with Crippen LogP contribution in [0.15, 0.2) is 46.3 Å². The zero-order valence-electron chi connectivity index (χ0n) is 18.3. The Kier molecular flexibility index (Phi) is 5.86. The molecule has 2 aromatic heterocycles. The minimum absolute atomic E-state index is 0.0222. The second-order valence-corrected chi connectivity index (χ2v) is 10.1. The summed E-state index contributed by atoms with van der Waals surface area (Å²) < 4.78 is 0. The lowest BCUT2D eigenvalue weighted by atomic mass is 9.99. The fourth-order valence-electron chi connectivity index (χ4n) is 3.54. The van der Waals surface area contributed by atoms with Crippen molar-refractivity contribution in [3.8, 4) is 11.1 Å². The minimum Gasteiger partial charge on any atom is -0.301 e. The van der Waals surface area contributed by atoms with Gasteiger partial charge < -0.3 is 4.98 Å². The van der Waals surface area contributed by atoms with Crippen LogP contribution in [0.3, 0.4) is 0 Å². The number of nitrogens with zero attached hydrogens (tertiary/aromatic N) is 1. The Bertz CT molecular complexity index is 1380. The number of nitrogens with one attached hydrogen (secondary N) is 1. The molecular formula is C25H24N2O2S2. The van der Waals surface area contributed by atoms with Gasteiger partial charge in [0, 0.05) is 16.0 Å². The Labute approximate surface area is 189 Å². The molecule has 0 aliphatic heterocycles. The molecule has 0 unspecified atom stereocenters. The highest BCUT2D eigenvalue weighted by Crippen LogP contribution is 2.36. The molecule has 0 saturated heterocycles. The van der Waals surface area contributed by atoms with Crippen LogP contribution in [0.2, 0.25) is 0 Å². The van der Waals surface area contributed by atoms with Crippen molar-refractivity contribution in [1.29, 1.82) is 0 Å². The van der Waals surface area contributed by atoms with Crippen molar-refractivity contribution in [1.82, 2.24) is 9.97 Å². The van der Waals surface area contributed by atoms with Gasteiger partial charge in [0.1, 0.15) is 4.83 Å². The summed E-state index contributed by atoms with van der Waals surface area (Å²) >= 11 is 2.79. The van der Waals surface area contributed by atoms with Gasteiger partial charge in [-0.1, -0.05) is 42.1 Å². The van der Waals surface area contributed by atoms with E-state index in [4.69, 9.17) is 0 Å². The molecule has 2 heterocycles. The van der Waals surface area contributed by atoms with E-state index in [1.54, 1.807) is 0 Å². The minimum atomic E-state index is -0.163. The van der Waals surface area contributed by atoms with Crippen LogP contribution in [0.5, 0.6) is 0 Å². The van der Waals surface area contributed by atoms with E-state index in [1.165, 1.54) is 34.2 Å². The summed E-state index contributed by atoms with van der Waals surface area (Å²) in [5.74, 6) is 0.250. The largest absolute Gasteiger partial charge is 0.301 e. The Morgan fingerprint density at radius 2 is 1.65 bits per heavy atom. The first-order valence-corrected chi connectivity index (χ1v) is 11.9. The van der Waals surface area contributed by atoms with Gasteiger partial charge in [-0.2, -0.15) is 0 Å². The van der Waals surface area contributed by atoms with Crippen molar-refractivity contribution in [2.75, 3.05) is 5.75 Å². The number of aryl methyl sites for hydroxylation is 5. The van der Waals surface area contributed by atoms with Gasteiger partial charge >= 0.3 is 0 Å². The summed E-state index contributed by atoms with van der Waals surface area (Å²) in [5.41, 5.74) is 7.17.